The molecule has 1 amide bonds. The lowest BCUT2D eigenvalue weighted by Crippen LogP contribution is -2.36. The summed E-state index contributed by atoms with van der Waals surface area (Å²) in [6.45, 7) is 5.54. The normalized spacial score (nSPS) is 14.7. The van der Waals surface area contributed by atoms with E-state index in [-0.39, 0.29) is 18.0 Å². The van der Waals surface area contributed by atoms with Gasteiger partial charge in [0.2, 0.25) is 5.91 Å². The summed E-state index contributed by atoms with van der Waals surface area (Å²) >= 11 is 3.33. The van der Waals surface area contributed by atoms with Crippen molar-refractivity contribution in [3.8, 4) is 0 Å². The lowest BCUT2D eigenvalue weighted by Gasteiger charge is -2.27. The number of aromatic nitrogens is 3. The zero-order valence-corrected chi connectivity index (χ0v) is 15.2. The van der Waals surface area contributed by atoms with E-state index in [0.29, 0.717) is 5.13 Å². The van der Waals surface area contributed by atoms with E-state index >= 15 is 0 Å². The summed E-state index contributed by atoms with van der Waals surface area (Å²) in [5, 5.41) is 7.62. The Morgan fingerprint density at radius 2 is 2.04 bits per heavy atom. The highest BCUT2D eigenvalue weighted by Crippen LogP contribution is 2.21. The molecular formula is C15H19N5O2S2. The number of thiazole rings is 1. The van der Waals surface area contributed by atoms with E-state index < -0.39 is 0 Å². The van der Waals surface area contributed by atoms with Crippen molar-refractivity contribution >= 4 is 40.0 Å². The van der Waals surface area contributed by atoms with E-state index in [1.807, 2.05) is 25.6 Å². The average molecular weight is 365 g/mol. The van der Waals surface area contributed by atoms with Gasteiger partial charge >= 0.3 is 0 Å². The van der Waals surface area contributed by atoms with Crippen LogP contribution in [0.25, 0.3) is 0 Å². The Bertz CT molecular complexity index is 776. The molecule has 0 saturated carbocycles. The first kappa shape index (κ1) is 17.0. The fourth-order valence-corrected chi connectivity index (χ4v) is 4.07. The monoisotopic (exact) mass is 365 g/mol. The molecule has 24 heavy (non-hydrogen) atoms. The van der Waals surface area contributed by atoms with Crippen molar-refractivity contribution in [2.45, 2.75) is 20.4 Å². The first-order valence-electron chi connectivity index (χ1n) is 7.67. The molecule has 7 nitrogen and oxygen atoms in total. The van der Waals surface area contributed by atoms with Gasteiger partial charge in [-0.25, -0.2) is 9.67 Å². The smallest absolute Gasteiger partial charge is 0.267 e. The molecule has 3 heterocycles. The van der Waals surface area contributed by atoms with E-state index in [1.54, 1.807) is 6.07 Å². The lowest BCUT2D eigenvalue weighted by atomic mass is 10.4. The van der Waals surface area contributed by atoms with Gasteiger partial charge in [0.1, 0.15) is 12.4 Å². The first-order chi connectivity index (χ1) is 11.5. The molecule has 1 aliphatic heterocycles. The molecule has 9 heteroatoms. The molecule has 2 aromatic rings. The van der Waals surface area contributed by atoms with Crippen LogP contribution in [0.1, 0.15) is 10.6 Å². The maximum Gasteiger partial charge on any atom is 0.267 e. The van der Waals surface area contributed by atoms with Crippen molar-refractivity contribution in [3.63, 3.8) is 0 Å². The van der Waals surface area contributed by atoms with Crippen LogP contribution >= 0.6 is 23.1 Å². The lowest BCUT2D eigenvalue weighted by molar-refractivity contribution is -0.117. The minimum Gasteiger partial charge on any atom is -0.354 e. The van der Waals surface area contributed by atoms with Crippen molar-refractivity contribution in [2.24, 2.45) is 0 Å². The zero-order chi connectivity index (χ0) is 17.1. The highest BCUT2D eigenvalue weighted by molar-refractivity contribution is 7.99. The van der Waals surface area contributed by atoms with Crippen molar-refractivity contribution in [3.05, 3.63) is 33.1 Å². The first-order valence-corrected chi connectivity index (χ1v) is 9.65. The van der Waals surface area contributed by atoms with Gasteiger partial charge in [-0.15, -0.1) is 11.3 Å². The second-order valence-electron chi connectivity index (χ2n) is 5.50. The Morgan fingerprint density at radius 3 is 2.71 bits per heavy atom. The maximum atomic E-state index is 12.2. The van der Waals surface area contributed by atoms with Gasteiger partial charge < -0.3 is 10.2 Å². The molecule has 2 aromatic heterocycles. The van der Waals surface area contributed by atoms with Gasteiger partial charge in [-0.05, 0) is 19.9 Å². The van der Waals surface area contributed by atoms with Gasteiger partial charge in [-0.2, -0.15) is 16.9 Å². The molecule has 0 aliphatic carbocycles. The molecule has 0 radical (unpaired) electrons. The maximum absolute atomic E-state index is 12.2. The predicted octanol–water partition coefficient (Wildman–Crippen LogP) is 1.51. The Kier molecular flexibility index (Phi) is 5.20. The zero-order valence-electron chi connectivity index (χ0n) is 13.6. The minimum atomic E-state index is -0.301. The summed E-state index contributed by atoms with van der Waals surface area (Å²) in [4.78, 5) is 31.6. The van der Waals surface area contributed by atoms with Gasteiger partial charge in [-0.3, -0.25) is 9.59 Å². The van der Waals surface area contributed by atoms with Crippen LogP contribution in [0.3, 0.4) is 0 Å². The molecule has 3 rings (SSSR count). The quantitative estimate of drug-likeness (QED) is 0.885. The van der Waals surface area contributed by atoms with Crippen LogP contribution in [-0.2, 0) is 11.3 Å². The number of carbonyl (C=O) groups is 1. The van der Waals surface area contributed by atoms with Crippen LogP contribution in [0, 0.1) is 13.8 Å². The van der Waals surface area contributed by atoms with Crippen molar-refractivity contribution in [1.82, 2.24) is 14.8 Å². The second kappa shape index (κ2) is 7.35. The Hall–Kier alpha value is -1.87. The number of thioether (sulfide) groups is 1. The molecule has 1 N–H and O–H groups in total. The standard InChI is InChI=1S/C15H19N5O2S2/c1-10-11(2)24-15(16-10)17-13(21)9-20-14(22)4-3-12(18-20)19-5-7-23-8-6-19/h3-4H,5-9H2,1-2H3,(H,16,17,21). The minimum absolute atomic E-state index is 0.118. The summed E-state index contributed by atoms with van der Waals surface area (Å²) in [7, 11) is 0. The Balaban J connectivity index is 1.71. The molecule has 1 saturated heterocycles. The molecular weight excluding hydrogens is 346 g/mol. The highest BCUT2D eigenvalue weighted by atomic mass is 32.2. The van der Waals surface area contributed by atoms with Gasteiger partial charge in [0.05, 0.1) is 5.69 Å². The average Bonchev–Trinajstić information content (AvgIpc) is 2.88. The number of carbonyl (C=O) groups excluding carboxylic acids is 1. The third-order valence-electron chi connectivity index (χ3n) is 3.76. The second-order valence-corrected chi connectivity index (χ2v) is 7.92. The Morgan fingerprint density at radius 1 is 1.29 bits per heavy atom. The number of anilines is 2. The number of nitrogens with one attached hydrogen (secondary N) is 1. The molecule has 0 aromatic carbocycles. The topological polar surface area (TPSA) is 80.1 Å². The van der Waals surface area contributed by atoms with Crippen LogP contribution in [0.15, 0.2) is 16.9 Å². The summed E-state index contributed by atoms with van der Waals surface area (Å²) in [6, 6.07) is 3.19. The van der Waals surface area contributed by atoms with Gasteiger partial charge in [0.25, 0.3) is 5.56 Å². The fraction of sp³-hybridized carbons (Fsp3) is 0.467. The summed E-state index contributed by atoms with van der Waals surface area (Å²) in [5.41, 5.74) is 0.613. The van der Waals surface area contributed by atoms with Gasteiger partial charge in [-0.1, -0.05) is 0 Å². The van der Waals surface area contributed by atoms with Crippen LogP contribution in [0.2, 0.25) is 0 Å². The number of hydrogen-bond donors (Lipinski definition) is 1. The molecule has 0 atom stereocenters. The number of aryl methyl sites for hydroxylation is 2. The number of hydrogen-bond acceptors (Lipinski definition) is 7. The van der Waals surface area contributed by atoms with Crippen LogP contribution in [0.5, 0.6) is 0 Å². The third kappa shape index (κ3) is 3.96. The van der Waals surface area contributed by atoms with E-state index in [0.717, 1.165) is 41.0 Å². The van der Waals surface area contributed by atoms with Crippen molar-refractivity contribution in [2.75, 3.05) is 34.8 Å². The largest absolute Gasteiger partial charge is 0.354 e. The molecule has 0 spiro atoms. The van der Waals surface area contributed by atoms with Crippen LogP contribution < -0.4 is 15.8 Å². The van der Waals surface area contributed by atoms with Crippen LogP contribution in [0.4, 0.5) is 10.9 Å². The predicted molar refractivity (Wildman–Crippen MR) is 98.3 cm³/mol. The van der Waals surface area contributed by atoms with E-state index in [1.165, 1.54) is 22.1 Å². The summed E-state index contributed by atoms with van der Waals surface area (Å²) < 4.78 is 1.21. The van der Waals surface area contributed by atoms with E-state index in [9.17, 15) is 9.59 Å². The number of nitrogens with zero attached hydrogens (tertiary/aromatic N) is 4. The highest BCUT2D eigenvalue weighted by Gasteiger charge is 2.15. The van der Waals surface area contributed by atoms with Crippen molar-refractivity contribution < 1.29 is 4.79 Å². The molecule has 0 unspecified atom stereocenters. The molecule has 1 fully saturated rings. The molecule has 128 valence electrons. The summed E-state index contributed by atoms with van der Waals surface area (Å²) in [6.07, 6.45) is 0. The van der Waals surface area contributed by atoms with E-state index in [2.05, 4.69) is 20.3 Å². The Labute approximate surface area is 148 Å². The fourth-order valence-electron chi connectivity index (χ4n) is 2.33. The van der Waals surface area contributed by atoms with Gasteiger partial charge in [0.15, 0.2) is 5.13 Å². The van der Waals surface area contributed by atoms with Gasteiger partial charge in [0, 0.05) is 35.5 Å². The SMILES string of the molecule is Cc1nc(NC(=O)Cn2nc(N3CCSCC3)ccc2=O)sc1C. The number of amides is 1. The van der Waals surface area contributed by atoms with Crippen molar-refractivity contribution in [1.29, 1.82) is 0 Å². The molecule has 0 bridgehead atoms. The summed E-state index contributed by atoms with van der Waals surface area (Å²) in [5.74, 6) is 2.53. The van der Waals surface area contributed by atoms with Crippen LogP contribution in [-0.4, -0.2) is 45.3 Å². The third-order valence-corrected chi connectivity index (χ3v) is 5.69. The van der Waals surface area contributed by atoms with E-state index in [4.69, 9.17) is 0 Å². The molecule has 1 aliphatic rings. The number of rotatable bonds is 4.